The standard InChI is InChI=1S/C16H13ClFN3/c17-13-9-12(18)3-1-10(13)7-14(19)11-2-4-15-16(8-11)21-6-5-20-15/h1-6,8-9,14H,7,19H2. The average Bonchev–Trinajstić information content (AvgIpc) is 2.49. The summed E-state index contributed by atoms with van der Waals surface area (Å²) < 4.78 is 13.1. The maximum absolute atomic E-state index is 13.1. The zero-order chi connectivity index (χ0) is 14.8. The van der Waals surface area contributed by atoms with E-state index in [1.807, 2.05) is 18.2 Å². The first kappa shape index (κ1) is 13.9. The number of benzene rings is 2. The number of hydrogen-bond acceptors (Lipinski definition) is 3. The van der Waals surface area contributed by atoms with Gasteiger partial charge in [-0.3, -0.25) is 9.97 Å². The monoisotopic (exact) mass is 301 g/mol. The molecule has 1 aromatic heterocycles. The zero-order valence-electron chi connectivity index (χ0n) is 11.1. The summed E-state index contributed by atoms with van der Waals surface area (Å²) in [5.41, 5.74) is 9.62. The molecule has 0 saturated carbocycles. The molecule has 3 rings (SSSR count). The number of nitrogens with zero attached hydrogens (tertiary/aromatic N) is 2. The molecule has 3 aromatic rings. The average molecular weight is 302 g/mol. The lowest BCUT2D eigenvalue weighted by atomic mass is 9.99. The van der Waals surface area contributed by atoms with Gasteiger partial charge in [-0.25, -0.2) is 4.39 Å². The molecule has 21 heavy (non-hydrogen) atoms. The van der Waals surface area contributed by atoms with Crippen molar-refractivity contribution in [3.63, 3.8) is 0 Å². The lowest BCUT2D eigenvalue weighted by Gasteiger charge is -2.13. The Morgan fingerprint density at radius 3 is 2.57 bits per heavy atom. The molecule has 0 bridgehead atoms. The Hall–Kier alpha value is -2.04. The Kier molecular flexibility index (Phi) is 3.82. The number of hydrogen-bond donors (Lipinski definition) is 1. The largest absolute Gasteiger partial charge is 0.324 e. The maximum atomic E-state index is 13.1. The first-order valence-corrected chi connectivity index (χ1v) is 6.91. The molecule has 0 fully saturated rings. The van der Waals surface area contributed by atoms with E-state index in [-0.39, 0.29) is 11.9 Å². The van der Waals surface area contributed by atoms with E-state index in [1.165, 1.54) is 12.1 Å². The van der Waals surface area contributed by atoms with E-state index in [0.717, 1.165) is 22.2 Å². The summed E-state index contributed by atoms with van der Waals surface area (Å²) in [6, 6.07) is 9.86. The third kappa shape index (κ3) is 3.01. The Balaban J connectivity index is 1.87. The molecule has 0 aliphatic carbocycles. The van der Waals surface area contributed by atoms with Crippen LogP contribution in [0.3, 0.4) is 0 Å². The molecule has 0 spiro atoms. The van der Waals surface area contributed by atoms with E-state index in [4.69, 9.17) is 17.3 Å². The molecule has 2 aromatic carbocycles. The van der Waals surface area contributed by atoms with Gasteiger partial charge in [0.25, 0.3) is 0 Å². The molecule has 2 N–H and O–H groups in total. The van der Waals surface area contributed by atoms with Crippen molar-refractivity contribution in [2.45, 2.75) is 12.5 Å². The fourth-order valence-corrected chi connectivity index (χ4v) is 2.50. The predicted molar refractivity (Wildman–Crippen MR) is 81.6 cm³/mol. The molecule has 1 unspecified atom stereocenters. The first-order chi connectivity index (χ1) is 10.1. The highest BCUT2D eigenvalue weighted by molar-refractivity contribution is 6.31. The van der Waals surface area contributed by atoms with E-state index in [1.54, 1.807) is 18.5 Å². The molecule has 0 aliphatic rings. The van der Waals surface area contributed by atoms with Gasteiger partial charge < -0.3 is 5.73 Å². The second-order valence-electron chi connectivity index (χ2n) is 4.85. The lowest BCUT2D eigenvalue weighted by molar-refractivity contribution is 0.625. The smallest absolute Gasteiger partial charge is 0.124 e. The SMILES string of the molecule is NC(Cc1ccc(F)cc1Cl)c1ccc2nccnc2c1. The third-order valence-corrected chi connectivity index (χ3v) is 3.73. The Labute approximate surface area is 126 Å². The van der Waals surface area contributed by atoms with E-state index >= 15 is 0 Å². The number of aromatic nitrogens is 2. The fourth-order valence-electron chi connectivity index (χ4n) is 2.25. The Bertz CT molecular complexity index is 791. The summed E-state index contributed by atoms with van der Waals surface area (Å²) in [5, 5.41) is 0.394. The molecule has 1 heterocycles. The highest BCUT2D eigenvalue weighted by atomic mass is 35.5. The van der Waals surface area contributed by atoms with Crippen LogP contribution in [0.15, 0.2) is 48.8 Å². The quantitative estimate of drug-likeness (QED) is 0.803. The Morgan fingerprint density at radius 1 is 1.05 bits per heavy atom. The van der Waals surface area contributed by atoms with Gasteiger partial charge >= 0.3 is 0 Å². The van der Waals surface area contributed by atoms with Crippen LogP contribution >= 0.6 is 11.6 Å². The van der Waals surface area contributed by atoms with Crippen molar-refractivity contribution >= 4 is 22.6 Å². The summed E-state index contributed by atoms with van der Waals surface area (Å²) in [6.07, 6.45) is 3.83. The number of halogens is 2. The second kappa shape index (κ2) is 5.76. The zero-order valence-corrected chi connectivity index (χ0v) is 11.9. The minimum Gasteiger partial charge on any atom is -0.324 e. The molecular weight excluding hydrogens is 289 g/mol. The predicted octanol–water partition coefficient (Wildman–Crippen LogP) is 3.66. The second-order valence-corrected chi connectivity index (χ2v) is 5.26. The molecule has 0 radical (unpaired) electrons. The van der Waals surface area contributed by atoms with Gasteiger partial charge in [0.15, 0.2) is 0 Å². The number of rotatable bonds is 3. The number of nitrogens with two attached hydrogens (primary N) is 1. The maximum Gasteiger partial charge on any atom is 0.124 e. The van der Waals surface area contributed by atoms with Gasteiger partial charge in [-0.1, -0.05) is 23.7 Å². The van der Waals surface area contributed by atoms with Crippen molar-refractivity contribution in [3.05, 3.63) is 70.8 Å². The van der Waals surface area contributed by atoms with E-state index in [9.17, 15) is 4.39 Å². The normalized spacial score (nSPS) is 12.5. The van der Waals surface area contributed by atoms with E-state index < -0.39 is 0 Å². The summed E-state index contributed by atoms with van der Waals surface area (Å²) in [6.45, 7) is 0. The van der Waals surface area contributed by atoms with Crippen LogP contribution in [0.25, 0.3) is 11.0 Å². The van der Waals surface area contributed by atoms with Crippen LogP contribution in [0.1, 0.15) is 17.2 Å². The molecule has 3 nitrogen and oxygen atoms in total. The molecule has 0 aliphatic heterocycles. The van der Waals surface area contributed by atoms with Crippen LogP contribution in [0, 0.1) is 5.82 Å². The van der Waals surface area contributed by atoms with Crippen LogP contribution < -0.4 is 5.73 Å². The summed E-state index contributed by atoms with van der Waals surface area (Å²) in [5.74, 6) is -0.349. The van der Waals surface area contributed by atoms with Gasteiger partial charge in [-0.2, -0.15) is 0 Å². The van der Waals surface area contributed by atoms with Crippen LogP contribution in [0.4, 0.5) is 4.39 Å². The molecule has 5 heteroatoms. The fraction of sp³-hybridized carbons (Fsp3) is 0.125. The van der Waals surface area contributed by atoms with Crippen molar-refractivity contribution in [2.24, 2.45) is 5.73 Å². The van der Waals surface area contributed by atoms with Gasteiger partial charge in [0.1, 0.15) is 5.82 Å². The van der Waals surface area contributed by atoms with E-state index in [0.29, 0.717) is 11.4 Å². The van der Waals surface area contributed by atoms with Gasteiger partial charge in [0, 0.05) is 23.5 Å². The molecule has 0 saturated heterocycles. The molecule has 0 amide bonds. The van der Waals surface area contributed by atoms with E-state index in [2.05, 4.69) is 9.97 Å². The van der Waals surface area contributed by atoms with Gasteiger partial charge in [0.2, 0.25) is 0 Å². The van der Waals surface area contributed by atoms with Crippen molar-refractivity contribution in [1.29, 1.82) is 0 Å². The first-order valence-electron chi connectivity index (χ1n) is 6.53. The van der Waals surface area contributed by atoms with Crippen molar-refractivity contribution < 1.29 is 4.39 Å². The van der Waals surface area contributed by atoms with Gasteiger partial charge in [0.05, 0.1) is 11.0 Å². The molecule has 106 valence electrons. The Morgan fingerprint density at radius 2 is 1.81 bits per heavy atom. The van der Waals surface area contributed by atoms with Crippen molar-refractivity contribution in [1.82, 2.24) is 9.97 Å². The number of fused-ring (bicyclic) bond motifs is 1. The summed E-state index contributed by atoms with van der Waals surface area (Å²) in [4.78, 5) is 8.49. The minimum absolute atomic E-state index is 0.237. The van der Waals surface area contributed by atoms with Crippen LogP contribution in [0.5, 0.6) is 0 Å². The topological polar surface area (TPSA) is 51.8 Å². The highest BCUT2D eigenvalue weighted by Crippen LogP contribution is 2.24. The summed E-state index contributed by atoms with van der Waals surface area (Å²) >= 11 is 6.04. The van der Waals surface area contributed by atoms with Gasteiger partial charge in [-0.05, 0) is 41.8 Å². The van der Waals surface area contributed by atoms with Crippen molar-refractivity contribution in [3.8, 4) is 0 Å². The molecular formula is C16H13ClFN3. The van der Waals surface area contributed by atoms with Crippen molar-refractivity contribution in [2.75, 3.05) is 0 Å². The molecule has 1 atom stereocenters. The lowest BCUT2D eigenvalue weighted by Crippen LogP contribution is -2.13. The van der Waals surface area contributed by atoms with Crippen LogP contribution in [0.2, 0.25) is 5.02 Å². The highest BCUT2D eigenvalue weighted by Gasteiger charge is 2.11. The van der Waals surface area contributed by atoms with Gasteiger partial charge in [-0.15, -0.1) is 0 Å². The van der Waals surface area contributed by atoms with Crippen LogP contribution in [-0.4, -0.2) is 9.97 Å². The van der Waals surface area contributed by atoms with Crippen LogP contribution in [-0.2, 0) is 6.42 Å². The third-order valence-electron chi connectivity index (χ3n) is 3.38. The minimum atomic E-state index is -0.349. The summed E-state index contributed by atoms with van der Waals surface area (Å²) in [7, 11) is 0.